The van der Waals surface area contributed by atoms with Gasteiger partial charge in [0.05, 0.1) is 7.11 Å². The summed E-state index contributed by atoms with van der Waals surface area (Å²) in [6.07, 6.45) is 5.60. The molecule has 3 heteroatoms. The van der Waals surface area contributed by atoms with E-state index in [9.17, 15) is 4.79 Å². The molecular weight excluding hydrogens is 214 g/mol. The fraction of sp³-hybridized carbons (Fsp3) is 0.643. The molecule has 0 atom stereocenters. The van der Waals surface area contributed by atoms with Gasteiger partial charge in [0.15, 0.2) is 0 Å². The molecule has 1 aromatic heterocycles. The minimum absolute atomic E-state index is 0.233. The second-order valence-corrected chi connectivity index (χ2v) is 4.31. The summed E-state index contributed by atoms with van der Waals surface area (Å²) >= 11 is 0. The van der Waals surface area contributed by atoms with Gasteiger partial charge >= 0.3 is 5.97 Å². The number of ether oxygens (including phenoxy) is 1. The molecule has 1 rings (SSSR count). The zero-order chi connectivity index (χ0) is 12.7. The number of aromatic nitrogens is 1. The summed E-state index contributed by atoms with van der Waals surface area (Å²) < 4.78 is 6.93. The Hall–Kier alpha value is -1.25. The summed E-state index contributed by atoms with van der Waals surface area (Å²) in [5.41, 5.74) is 1.94. The molecule has 0 bridgehead atoms. The van der Waals surface area contributed by atoms with Crippen LogP contribution in [0.2, 0.25) is 0 Å². The number of methoxy groups -OCH3 is 1. The van der Waals surface area contributed by atoms with Gasteiger partial charge in [0, 0.05) is 12.2 Å². The highest BCUT2D eigenvalue weighted by Gasteiger charge is 2.14. The third-order valence-corrected chi connectivity index (χ3v) is 2.99. The Kier molecular flexibility index (Phi) is 5.81. The van der Waals surface area contributed by atoms with Crippen molar-refractivity contribution in [1.29, 1.82) is 0 Å². The average molecular weight is 237 g/mol. The lowest BCUT2D eigenvalue weighted by molar-refractivity contribution is 0.0587. The summed E-state index contributed by atoms with van der Waals surface area (Å²) in [6, 6.07) is 3.93. The molecule has 0 N–H and O–H groups in total. The molecule has 0 fully saturated rings. The molecule has 17 heavy (non-hydrogen) atoms. The van der Waals surface area contributed by atoms with Crippen LogP contribution >= 0.6 is 0 Å². The Balaban J connectivity index is 2.88. The lowest BCUT2D eigenvalue weighted by atomic mass is 10.2. The fourth-order valence-electron chi connectivity index (χ4n) is 1.95. The van der Waals surface area contributed by atoms with Crippen molar-refractivity contribution in [2.24, 2.45) is 0 Å². The summed E-state index contributed by atoms with van der Waals surface area (Å²) in [4.78, 5) is 11.6. The van der Waals surface area contributed by atoms with Gasteiger partial charge in [-0.3, -0.25) is 0 Å². The quantitative estimate of drug-likeness (QED) is 0.680. The van der Waals surface area contributed by atoms with Gasteiger partial charge in [-0.1, -0.05) is 26.7 Å². The molecule has 0 amide bonds. The SMILES string of the molecule is CCCCc1ccc(C(=O)OC)n1CCCC. The van der Waals surface area contributed by atoms with Crippen molar-refractivity contribution in [2.45, 2.75) is 52.5 Å². The summed E-state index contributed by atoms with van der Waals surface area (Å²) in [6.45, 7) is 5.25. The van der Waals surface area contributed by atoms with Crippen molar-refractivity contribution < 1.29 is 9.53 Å². The van der Waals surface area contributed by atoms with Crippen LogP contribution in [0.1, 0.15) is 55.7 Å². The van der Waals surface area contributed by atoms with E-state index in [2.05, 4.69) is 24.5 Å². The number of rotatable bonds is 7. The maximum Gasteiger partial charge on any atom is 0.354 e. The minimum Gasteiger partial charge on any atom is -0.464 e. The molecular formula is C14H23NO2. The second-order valence-electron chi connectivity index (χ2n) is 4.31. The summed E-state index contributed by atoms with van der Waals surface area (Å²) in [7, 11) is 1.44. The number of unbranched alkanes of at least 4 members (excludes halogenated alkanes) is 2. The van der Waals surface area contributed by atoms with Crippen LogP contribution in [0.4, 0.5) is 0 Å². The molecule has 1 heterocycles. The van der Waals surface area contributed by atoms with Gasteiger partial charge in [0.2, 0.25) is 0 Å². The van der Waals surface area contributed by atoms with Crippen LogP contribution in [0.3, 0.4) is 0 Å². The van der Waals surface area contributed by atoms with E-state index in [1.165, 1.54) is 19.2 Å². The van der Waals surface area contributed by atoms with Gasteiger partial charge in [-0.25, -0.2) is 4.79 Å². The van der Waals surface area contributed by atoms with E-state index in [1.54, 1.807) is 0 Å². The van der Waals surface area contributed by atoms with Crippen LogP contribution in [0.25, 0.3) is 0 Å². The highest BCUT2D eigenvalue weighted by atomic mass is 16.5. The largest absolute Gasteiger partial charge is 0.464 e. The third-order valence-electron chi connectivity index (χ3n) is 2.99. The molecule has 0 aliphatic heterocycles. The van der Waals surface area contributed by atoms with Gasteiger partial charge in [-0.05, 0) is 31.4 Å². The molecule has 1 aromatic rings. The van der Waals surface area contributed by atoms with E-state index >= 15 is 0 Å². The predicted octanol–water partition coefficient (Wildman–Crippen LogP) is 3.42. The van der Waals surface area contributed by atoms with Gasteiger partial charge in [0.1, 0.15) is 5.69 Å². The van der Waals surface area contributed by atoms with Crippen LogP contribution in [-0.2, 0) is 17.7 Å². The summed E-state index contributed by atoms with van der Waals surface area (Å²) in [5, 5.41) is 0. The van der Waals surface area contributed by atoms with Crippen molar-refractivity contribution in [3.8, 4) is 0 Å². The van der Waals surface area contributed by atoms with Crippen LogP contribution in [-0.4, -0.2) is 17.6 Å². The van der Waals surface area contributed by atoms with E-state index in [4.69, 9.17) is 4.74 Å². The number of carbonyl (C=O) groups excluding carboxylic acids is 1. The average Bonchev–Trinajstić information content (AvgIpc) is 2.75. The standard InChI is InChI=1S/C14H23NO2/c1-4-6-8-12-9-10-13(14(16)17-3)15(12)11-7-5-2/h9-10H,4-8,11H2,1-3H3. The predicted molar refractivity (Wildman–Crippen MR) is 69.3 cm³/mol. The lowest BCUT2D eigenvalue weighted by Gasteiger charge is -2.11. The van der Waals surface area contributed by atoms with Crippen LogP contribution in [0.15, 0.2) is 12.1 Å². The number of hydrogen-bond acceptors (Lipinski definition) is 2. The zero-order valence-electron chi connectivity index (χ0n) is 11.2. The monoisotopic (exact) mass is 237 g/mol. The fourth-order valence-corrected chi connectivity index (χ4v) is 1.95. The normalized spacial score (nSPS) is 10.5. The Morgan fingerprint density at radius 3 is 2.53 bits per heavy atom. The first kappa shape index (κ1) is 13.8. The van der Waals surface area contributed by atoms with Crippen LogP contribution < -0.4 is 0 Å². The smallest absolute Gasteiger partial charge is 0.354 e. The Morgan fingerprint density at radius 2 is 1.94 bits per heavy atom. The third kappa shape index (κ3) is 3.62. The second kappa shape index (κ2) is 7.15. The topological polar surface area (TPSA) is 31.2 Å². The first-order valence-electron chi connectivity index (χ1n) is 6.51. The van der Waals surface area contributed by atoms with Gasteiger partial charge in [-0.2, -0.15) is 0 Å². The van der Waals surface area contributed by atoms with Crippen molar-refractivity contribution in [1.82, 2.24) is 4.57 Å². The molecule has 0 spiro atoms. The first-order valence-corrected chi connectivity index (χ1v) is 6.51. The van der Waals surface area contributed by atoms with E-state index in [0.717, 1.165) is 32.2 Å². The van der Waals surface area contributed by atoms with Crippen molar-refractivity contribution in [2.75, 3.05) is 7.11 Å². The van der Waals surface area contributed by atoms with Crippen LogP contribution in [0.5, 0.6) is 0 Å². The van der Waals surface area contributed by atoms with Gasteiger partial charge < -0.3 is 9.30 Å². The summed E-state index contributed by atoms with van der Waals surface area (Å²) in [5.74, 6) is -0.233. The van der Waals surface area contributed by atoms with E-state index in [0.29, 0.717) is 5.69 Å². The minimum atomic E-state index is -0.233. The van der Waals surface area contributed by atoms with E-state index in [1.807, 2.05) is 6.07 Å². The Labute approximate surface area is 104 Å². The number of carbonyl (C=O) groups is 1. The number of esters is 1. The number of hydrogen-bond donors (Lipinski definition) is 0. The molecule has 0 saturated carbocycles. The molecule has 0 unspecified atom stereocenters. The molecule has 0 aromatic carbocycles. The number of aryl methyl sites for hydroxylation is 1. The van der Waals surface area contributed by atoms with E-state index in [-0.39, 0.29) is 5.97 Å². The highest BCUT2D eigenvalue weighted by molar-refractivity contribution is 5.87. The maximum atomic E-state index is 11.6. The van der Waals surface area contributed by atoms with Crippen LogP contribution in [0, 0.1) is 0 Å². The van der Waals surface area contributed by atoms with Crippen molar-refractivity contribution >= 4 is 5.97 Å². The molecule has 0 aliphatic carbocycles. The molecule has 0 aliphatic rings. The zero-order valence-corrected chi connectivity index (χ0v) is 11.2. The van der Waals surface area contributed by atoms with Crippen molar-refractivity contribution in [3.63, 3.8) is 0 Å². The molecule has 0 saturated heterocycles. The number of nitrogens with zero attached hydrogens (tertiary/aromatic N) is 1. The van der Waals surface area contributed by atoms with Gasteiger partial charge in [0.25, 0.3) is 0 Å². The maximum absolute atomic E-state index is 11.6. The Bertz CT molecular complexity index is 355. The molecule has 3 nitrogen and oxygen atoms in total. The van der Waals surface area contributed by atoms with E-state index < -0.39 is 0 Å². The van der Waals surface area contributed by atoms with Gasteiger partial charge in [-0.15, -0.1) is 0 Å². The molecule has 96 valence electrons. The highest BCUT2D eigenvalue weighted by Crippen LogP contribution is 2.14. The lowest BCUT2D eigenvalue weighted by Crippen LogP contribution is -2.13. The Morgan fingerprint density at radius 1 is 1.24 bits per heavy atom. The first-order chi connectivity index (χ1) is 8.24. The van der Waals surface area contributed by atoms with Crippen molar-refractivity contribution in [3.05, 3.63) is 23.5 Å². The molecule has 0 radical (unpaired) electrons.